The van der Waals surface area contributed by atoms with Crippen molar-refractivity contribution in [3.05, 3.63) is 83.9 Å². The first-order valence-corrected chi connectivity index (χ1v) is 15.6. The molecule has 1 aromatic carbocycles. The summed E-state index contributed by atoms with van der Waals surface area (Å²) in [5.74, 6) is -1.72. The number of nitrogens with zero attached hydrogens (tertiary/aromatic N) is 9. The van der Waals surface area contributed by atoms with Gasteiger partial charge in [-0.1, -0.05) is 41.6 Å². The number of benzene rings is 1. The van der Waals surface area contributed by atoms with Crippen LogP contribution in [-0.4, -0.2) is 132 Å². The van der Waals surface area contributed by atoms with E-state index in [0.717, 1.165) is 39.6 Å². The first-order valence-electron chi connectivity index (χ1n) is 15.6. The Morgan fingerprint density at radius 2 is 1.21 bits per heavy atom. The zero-order valence-electron chi connectivity index (χ0n) is 26.3. The van der Waals surface area contributed by atoms with Crippen LogP contribution in [0.5, 0.6) is 0 Å². The van der Waals surface area contributed by atoms with Gasteiger partial charge in [0.15, 0.2) is 0 Å². The van der Waals surface area contributed by atoms with Gasteiger partial charge in [0, 0.05) is 65.4 Å². The largest absolute Gasteiger partial charge is 4.00 e. The molecule has 0 spiro atoms. The zero-order valence-corrected chi connectivity index (χ0v) is 29.4. The van der Waals surface area contributed by atoms with Gasteiger partial charge < -0.3 is 10.2 Å². The molecule has 3 aromatic heterocycles. The second-order valence-electron chi connectivity index (χ2n) is 11.9. The molecule has 0 radical (unpaired) electrons. The van der Waals surface area contributed by atoms with Gasteiger partial charge >= 0.3 is 53.7 Å². The molecular formula is C33H39CeN9O4+4. The molecule has 4 aromatic rings. The van der Waals surface area contributed by atoms with Gasteiger partial charge in [-0.3, -0.25) is 34.2 Å². The van der Waals surface area contributed by atoms with Crippen molar-refractivity contribution in [2.45, 2.75) is 19.6 Å². The maximum atomic E-state index is 11.8. The van der Waals surface area contributed by atoms with Crippen LogP contribution >= 0.6 is 0 Å². The van der Waals surface area contributed by atoms with Crippen LogP contribution < -0.4 is 0 Å². The summed E-state index contributed by atoms with van der Waals surface area (Å²) in [6.07, 6.45) is 1.72. The molecule has 3 aliphatic rings. The van der Waals surface area contributed by atoms with Crippen LogP contribution in [0.1, 0.15) is 17.1 Å². The van der Waals surface area contributed by atoms with Gasteiger partial charge in [0.25, 0.3) is 0 Å². The zero-order chi connectivity index (χ0) is 31.9. The van der Waals surface area contributed by atoms with Crippen LogP contribution in [-0.2, 0) is 29.2 Å². The Bertz CT molecular complexity index is 1620. The molecule has 14 heteroatoms. The summed E-state index contributed by atoms with van der Waals surface area (Å²) < 4.78 is 1.84. The molecule has 3 aliphatic heterocycles. The minimum absolute atomic E-state index is 0. The Hall–Kier alpha value is -3.18. The summed E-state index contributed by atoms with van der Waals surface area (Å²) >= 11 is 0. The molecule has 6 heterocycles. The van der Waals surface area contributed by atoms with Gasteiger partial charge in [0.05, 0.1) is 48.6 Å². The van der Waals surface area contributed by atoms with Crippen molar-refractivity contribution in [1.29, 1.82) is 0 Å². The van der Waals surface area contributed by atoms with E-state index < -0.39 is 11.9 Å². The van der Waals surface area contributed by atoms with Crippen LogP contribution in [0.15, 0.2) is 66.9 Å². The number of hydrogen-bond donors (Lipinski definition) is 2. The number of carboxylic acids is 2. The van der Waals surface area contributed by atoms with Crippen molar-refractivity contribution >= 4 is 11.9 Å². The average molecular weight is 766 g/mol. The molecule has 0 aliphatic carbocycles. The molecule has 0 atom stereocenters. The topological polar surface area (TPSA) is 144 Å². The van der Waals surface area contributed by atoms with Crippen molar-refractivity contribution in [2.24, 2.45) is 0 Å². The number of aromatic nitrogens is 5. The molecule has 0 saturated carbocycles. The molecule has 1 fully saturated rings. The van der Waals surface area contributed by atoms with Gasteiger partial charge in [-0.25, -0.2) is 9.67 Å². The molecule has 7 rings (SSSR count). The standard InChI is InChI=1S/C33H39N9O4.Ce/c43-32(44)23-40-13-9-38-10-14-41(24-33(45)46)16-12-39(11-15-40)21-28-17-26(25-5-2-1-3-6-25)18-29(35-28)22-42-31(19-34-37-42)30-8-4-7-27(20-38)36-30;/h1-8,17-19H,9-16,20-24H2,(H,43,44)(H,45,46);/q;+4. The monoisotopic (exact) mass is 765 g/mol. The van der Waals surface area contributed by atoms with Crippen LogP contribution in [0.4, 0.5) is 0 Å². The van der Waals surface area contributed by atoms with Gasteiger partial charge in [-0.05, 0) is 35.4 Å². The SMILES string of the molecule is O=C(O)CN1CCN2CCN(CC(=O)O)CCN(CC1)Cc1cccc(n1)-c1cnnn1Cc1cc(-c3ccccc3)cc(n1)C2.[Ce+4]. The molecule has 1 saturated heterocycles. The van der Waals surface area contributed by atoms with Crippen molar-refractivity contribution < 1.29 is 61.5 Å². The summed E-state index contributed by atoms with van der Waals surface area (Å²) in [4.78, 5) is 42.2. The number of carboxylic acid groups (broad SMARTS) is 2. The summed E-state index contributed by atoms with van der Waals surface area (Å²) in [6.45, 7) is 6.03. The Balaban J connectivity index is 0.00000433. The number of fused-ring (bicyclic) bond motifs is 8. The van der Waals surface area contributed by atoms with E-state index in [4.69, 9.17) is 9.97 Å². The van der Waals surface area contributed by atoms with Gasteiger partial charge in [-0.2, -0.15) is 0 Å². The Labute approximate surface area is 307 Å². The van der Waals surface area contributed by atoms with Crippen LogP contribution in [0, 0.1) is 41.7 Å². The van der Waals surface area contributed by atoms with Crippen LogP contribution in [0.3, 0.4) is 0 Å². The van der Waals surface area contributed by atoms with E-state index >= 15 is 0 Å². The average Bonchev–Trinajstić information content (AvgIpc) is 3.50. The van der Waals surface area contributed by atoms with Crippen LogP contribution in [0.2, 0.25) is 0 Å². The van der Waals surface area contributed by atoms with E-state index in [2.05, 4.69) is 44.4 Å². The molecular weight excluding hydrogens is 727 g/mol. The van der Waals surface area contributed by atoms with Crippen LogP contribution in [0.25, 0.3) is 22.5 Å². The summed E-state index contributed by atoms with van der Waals surface area (Å²) in [6, 6.07) is 20.2. The third kappa shape index (κ3) is 9.92. The minimum Gasteiger partial charge on any atom is -0.480 e. The molecule has 13 nitrogen and oxygen atoms in total. The number of pyridine rings is 2. The molecule has 47 heavy (non-hydrogen) atoms. The number of carbonyl (C=O) groups is 2. The fourth-order valence-electron chi connectivity index (χ4n) is 6.10. The third-order valence-electron chi connectivity index (χ3n) is 8.46. The predicted octanol–water partition coefficient (Wildman–Crippen LogP) is 1.85. The molecule has 0 amide bonds. The van der Waals surface area contributed by atoms with E-state index in [1.807, 2.05) is 50.9 Å². The van der Waals surface area contributed by atoms with Crippen molar-refractivity contribution in [3.8, 4) is 22.5 Å². The minimum atomic E-state index is -0.860. The summed E-state index contributed by atoms with van der Waals surface area (Å²) in [7, 11) is 0. The number of aliphatic carboxylic acids is 2. The quantitative estimate of drug-likeness (QED) is 0.306. The fraction of sp³-hybridized carbons (Fsp3) is 0.394. The Morgan fingerprint density at radius 1 is 0.638 bits per heavy atom. The molecule has 0 unspecified atom stereocenters. The van der Waals surface area contributed by atoms with E-state index in [1.54, 1.807) is 6.20 Å². The van der Waals surface area contributed by atoms with Crippen molar-refractivity contribution in [2.75, 3.05) is 65.4 Å². The van der Waals surface area contributed by atoms with E-state index in [0.29, 0.717) is 72.0 Å². The third-order valence-corrected chi connectivity index (χ3v) is 8.46. The number of hydrogen-bond acceptors (Lipinski definition) is 10. The van der Waals surface area contributed by atoms with E-state index in [9.17, 15) is 19.8 Å². The smallest absolute Gasteiger partial charge is 0.480 e. The van der Waals surface area contributed by atoms with Gasteiger partial charge in [-0.15, -0.1) is 5.10 Å². The maximum absolute atomic E-state index is 11.8. The van der Waals surface area contributed by atoms with Gasteiger partial charge in [0.2, 0.25) is 0 Å². The van der Waals surface area contributed by atoms with Crippen molar-refractivity contribution in [3.63, 3.8) is 0 Å². The molecule has 6 bridgehead atoms. The van der Waals surface area contributed by atoms with Gasteiger partial charge in [0.1, 0.15) is 5.69 Å². The first-order chi connectivity index (χ1) is 22.4. The Kier molecular flexibility index (Phi) is 12.5. The van der Waals surface area contributed by atoms with E-state index in [1.165, 1.54) is 0 Å². The maximum Gasteiger partial charge on any atom is 4.00 e. The second-order valence-corrected chi connectivity index (χ2v) is 11.9. The Morgan fingerprint density at radius 3 is 1.81 bits per heavy atom. The van der Waals surface area contributed by atoms with E-state index in [-0.39, 0.29) is 54.8 Å². The van der Waals surface area contributed by atoms with Crippen molar-refractivity contribution in [1.82, 2.24) is 44.6 Å². The normalized spacial score (nSPS) is 19.6. The number of rotatable bonds is 5. The molecule has 240 valence electrons. The predicted molar refractivity (Wildman–Crippen MR) is 171 cm³/mol. The first kappa shape index (κ1) is 35.1. The fourth-order valence-corrected chi connectivity index (χ4v) is 6.10. The second kappa shape index (κ2) is 16.8. The molecule has 2 N–H and O–H groups in total. The summed E-state index contributed by atoms with van der Waals surface area (Å²) in [5.41, 5.74) is 6.18. The summed E-state index contributed by atoms with van der Waals surface area (Å²) in [5, 5.41) is 28.0.